The summed E-state index contributed by atoms with van der Waals surface area (Å²) in [5.41, 5.74) is 0.728. The van der Waals surface area contributed by atoms with Crippen LogP contribution >= 0.6 is 15.9 Å². The lowest BCUT2D eigenvalue weighted by molar-refractivity contribution is 0.315. The number of hydrogen-bond donors (Lipinski definition) is 1. The van der Waals surface area contributed by atoms with Crippen LogP contribution in [0.1, 0.15) is 19.4 Å². The second-order valence-corrected chi connectivity index (χ2v) is 5.41. The van der Waals surface area contributed by atoms with Crippen LogP contribution in [-0.2, 0) is 6.54 Å². The molecule has 1 aromatic rings. The van der Waals surface area contributed by atoms with Crippen LogP contribution in [-0.4, -0.2) is 31.1 Å². The van der Waals surface area contributed by atoms with Gasteiger partial charge in [0.2, 0.25) is 0 Å². The predicted molar refractivity (Wildman–Crippen MR) is 73.6 cm³/mol. The highest BCUT2D eigenvalue weighted by atomic mass is 79.9. The minimum atomic E-state index is -0.156. The molecular weight excluding hydrogens is 283 g/mol. The minimum absolute atomic E-state index is 0.156. The first-order valence-electron chi connectivity index (χ1n) is 5.85. The van der Waals surface area contributed by atoms with Gasteiger partial charge in [-0.05, 0) is 29.0 Å². The van der Waals surface area contributed by atoms with E-state index in [9.17, 15) is 4.39 Å². The van der Waals surface area contributed by atoms with Crippen LogP contribution < -0.4 is 5.32 Å². The molecule has 0 fully saturated rings. The van der Waals surface area contributed by atoms with Crippen LogP contribution in [0.15, 0.2) is 22.7 Å². The van der Waals surface area contributed by atoms with Crippen molar-refractivity contribution in [3.63, 3.8) is 0 Å². The molecule has 0 aromatic heterocycles. The maximum absolute atomic E-state index is 13.7. The van der Waals surface area contributed by atoms with Gasteiger partial charge in [0, 0.05) is 31.2 Å². The largest absolute Gasteiger partial charge is 0.313 e. The summed E-state index contributed by atoms with van der Waals surface area (Å²) in [6, 6.07) is 5.90. The topological polar surface area (TPSA) is 15.3 Å². The smallest absolute Gasteiger partial charge is 0.141 e. The van der Waals surface area contributed by atoms with E-state index in [0.717, 1.165) is 18.7 Å². The van der Waals surface area contributed by atoms with Crippen LogP contribution in [0.25, 0.3) is 0 Å². The summed E-state index contributed by atoms with van der Waals surface area (Å²) in [5.74, 6) is -0.156. The maximum atomic E-state index is 13.7. The molecule has 0 aliphatic carbocycles. The zero-order valence-corrected chi connectivity index (χ0v) is 12.2. The van der Waals surface area contributed by atoms with Crippen molar-refractivity contribution in [2.24, 2.45) is 0 Å². The number of benzene rings is 1. The minimum Gasteiger partial charge on any atom is -0.313 e. The summed E-state index contributed by atoms with van der Waals surface area (Å²) in [5, 5.41) is 3.34. The van der Waals surface area contributed by atoms with Crippen LogP contribution in [0.2, 0.25) is 0 Å². The second kappa shape index (κ2) is 7.09. The van der Waals surface area contributed by atoms with E-state index in [1.54, 1.807) is 6.07 Å². The average Bonchev–Trinajstić information content (AvgIpc) is 2.24. The lowest BCUT2D eigenvalue weighted by atomic mass is 10.2. The van der Waals surface area contributed by atoms with Gasteiger partial charge in [-0.25, -0.2) is 4.39 Å². The average molecular weight is 303 g/mol. The highest BCUT2D eigenvalue weighted by molar-refractivity contribution is 9.10. The Hall–Kier alpha value is -0.450. The summed E-state index contributed by atoms with van der Waals surface area (Å²) in [7, 11) is 2.00. The third kappa shape index (κ3) is 5.15. The fourth-order valence-electron chi connectivity index (χ4n) is 1.58. The van der Waals surface area contributed by atoms with Crippen molar-refractivity contribution in [2.45, 2.75) is 26.4 Å². The Balaban J connectivity index is 2.45. The molecule has 0 radical (unpaired) electrons. The number of nitrogens with zero attached hydrogens (tertiary/aromatic N) is 1. The number of halogens is 2. The summed E-state index contributed by atoms with van der Waals surface area (Å²) in [4.78, 5) is 2.11. The third-order valence-corrected chi connectivity index (χ3v) is 3.13. The van der Waals surface area contributed by atoms with Gasteiger partial charge in [-0.2, -0.15) is 0 Å². The SMILES string of the molecule is CC(C)NCCN(C)Cc1cccc(Br)c1F. The number of rotatable bonds is 6. The summed E-state index contributed by atoms with van der Waals surface area (Å²) in [6.07, 6.45) is 0. The zero-order chi connectivity index (χ0) is 12.8. The van der Waals surface area contributed by atoms with Gasteiger partial charge < -0.3 is 10.2 Å². The molecule has 0 aliphatic rings. The van der Waals surface area contributed by atoms with Crippen molar-refractivity contribution in [1.82, 2.24) is 10.2 Å². The normalized spacial score (nSPS) is 11.5. The van der Waals surface area contributed by atoms with Crippen molar-refractivity contribution >= 4 is 15.9 Å². The summed E-state index contributed by atoms with van der Waals surface area (Å²) >= 11 is 3.20. The molecule has 2 nitrogen and oxygen atoms in total. The van der Waals surface area contributed by atoms with Gasteiger partial charge >= 0.3 is 0 Å². The maximum Gasteiger partial charge on any atom is 0.141 e. The molecule has 0 amide bonds. The fourth-order valence-corrected chi connectivity index (χ4v) is 1.99. The number of nitrogens with one attached hydrogen (secondary N) is 1. The van der Waals surface area contributed by atoms with Crippen LogP contribution in [0.5, 0.6) is 0 Å². The standard InChI is InChI=1S/C13H20BrFN2/c1-10(2)16-7-8-17(3)9-11-5-4-6-12(14)13(11)15/h4-6,10,16H,7-9H2,1-3H3. The van der Waals surface area contributed by atoms with Gasteiger partial charge in [0.15, 0.2) is 0 Å². The van der Waals surface area contributed by atoms with E-state index in [-0.39, 0.29) is 5.82 Å². The Bertz CT molecular complexity index is 355. The van der Waals surface area contributed by atoms with Gasteiger partial charge in [0.05, 0.1) is 4.47 Å². The van der Waals surface area contributed by atoms with Gasteiger partial charge in [-0.1, -0.05) is 26.0 Å². The molecule has 1 rings (SSSR count). The Kier molecular flexibility index (Phi) is 6.09. The van der Waals surface area contributed by atoms with Gasteiger partial charge in [-0.3, -0.25) is 0 Å². The predicted octanol–water partition coefficient (Wildman–Crippen LogP) is 3.02. The molecular formula is C13H20BrFN2. The van der Waals surface area contributed by atoms with E-state index in [1.165, 1.54) is 0 Å². The van der Waals surface area contributed by atoms with Crippen LogP contribution in [0.4, 0.5) is 4.39 Å². The second-order valence-electron chi connectivity index (χ2n) is 4.56. The molecule has 1 aromatic carbocycles. The molecule has 0 unspecified atom stereocenters. The Morgan fingerprint density at radius 3 is 2.76 bits per heavy atom. The van der Waals surface area contributed by atoms with Gasteiger partial charge in [0.1, 0.15) is 5.82 Å². The molecule has 17 heavy (non-hydrogen) atoms. The zero-order valence-electron chi connectivity index (χ0n) is 10.6. The Morgan fingerprint density at radius 1 is 1.41 bits per heavy atom. The lowest BCUT2D eigenvalue weighted by Gasteiger charge is -2.18. The molecule has 0 atom stereocenters. The van der Waals surface area contributed by atoms with E-state index >= 15 is 0 Å². The van der Waals surface area contributed by atoms with Crippen LogP contribution in [0, 0.1) is 5.82 Å². The quantitative estimate of drug-likeness (QED) is 0.869. The van der Waals surface area contributed by atoms with E-state index in [2.05, 4.69) is 40.0 Å². The van der Waals surface area contributed by atoms with Crippen molar-refractivity contribution in [3.8, 4) is 0 Å². The number of likely N-dealkylation sites (N-methyl/N-ethyl adjacent to an activating group) is 1. The van der Waals surface area contributed by atoms with E-state index in [4.69, 9.17) is 0 Å². The Labute approximate surface area is 111 Å². The van der Waals surface area contributed by atoms with E-state index in [0.29, 0.717) is 17.1 Å². The van der Waals surface area contributed by atoms with Gasteiger partial charge in [0.25, 0.3) is 0 Å². The first kappa shape index (κ1) is 14.6. The third-order valence-electron chi connectivity index (χ3n) is 2.52. The molecule has 1 N–H and O–H groups in total. The fraction of sp³-hybridized carbons (Fsp3) is 0.538. The first-order chi connectivity index (χ1) is 8.00. The van der Waals surface area contributed by atoms with Crippen molar-refractivity contribution in [2.75, 3.05) is 20.1 Å². The molecule has 0 saturated heterocycles. The van der Waals surface area contributed by atoms with Crippen LogP contribution in [0.3, 0.4) is 0 Å². The molecule has 0 spiro atoms. The highest BCUT2D eigenvalue weighted by Crippen LogP contribution is 2.19. The Morgan fingerprint density at radius 2 is 2.12 bits per heavy atom. The molecule has 4 heteroatoms. The van der Waals surface area contributed by atoms with E-state index < -0.39 is 0 Å². The van der Waals surface area contributed by atoms with Crippen molar-refractivity contribution in [1.29, 1.82) is 0 Å². The van der Waals surface area contributed by atoms with Crippen molar-refractivity contribution < 1.29 is 4.39 Å². The number of hydrogen-bond acceptors (Lipinski definition) is 2. The molecule has 96 valence electrons. The van der Waals surface area contributed by atoms with Gasteiger partial charge in [-0.15, -0.1) is 0 Å². The lowest BCUT2D eigenvalue weighted by Crippen LogP contribution is -2.32. The van der Waals surface area contributed by atoms with Crippen molar-refractivity contribution in [3.05, 3.63) is 34.1 Å². The molecule has 0 bridgehead atoms. The summed E-state index contributed by atoms with van der Waals surface area (Å²) in [6.45, 7) is 6.70. The molecule has 0 aliphatic heterocycles. The first-order valence-corrected chi connectivity index (χ1v) is 6.65. The highest BCUT2D eigenvalue weighted by Gasteiger charge is 2.08. The van der Waals surface area contributed by atoms with E-state index in [1.807, 2.05) is 19.2 Å². The molecule has 0 saturated carbocycles. The summed E-state index contributed by atoms with van der Waals surface area (Å²) < 4.78 is 14.3. The molecule has 0 heterocycles. The monoisotopic (exact) mass is 302 g/mol.